The number of hydrogen-bond donors (Lipinski definition) is 1. The van der Waals surface area contributed by atoms with Crippen molar-refractivity contribution >= 4 is 26.8 Å². The van der Waals surface area contributed by atoms with Gasteiger partial charge >= 0.3 is 0 Å². The van der Waals surface area contributed by atoms with Gasteiger partial charge in [-0.05, 0) is 49.2 Å². The first kappa shape index (κ1) is 26.9. The number of aryl methyl sites for hydroxylation is 1. The van der Waals surface area contributed by atoms with Crippen molar-refractivity contribution in [3.8, 4) is 17.4 Å². The Labute approximate surface area is 220 Å². The monoisotopic (exact) mass is 541 g/mol. The molecule has 0 bridgehead atoms. The molecule has 2 heterocycles. The van der Waals surface area contributed by atoms with E-state index in [1.807, 2.05) is 6.92 Å². The molecule has 2 aromatic heterocycles. The van der Waals surface area contributed by atoms with Crippen LogP contribution in [0.25, 0.3) is 10.9 Å². The molecule has 0 aliphatic heterocycles. The smallest absolute Gasteiger partial charge is 0.268 e. The summed E-state index contributed by atoms with van der Waals surface area (Å²) in [5.41, 5.74) is 2.19. The Morgan fingerprint density at radius 1 is 1.05 bits per heavy atom. The number of nitrogens with one attached hydrogen (secondary N) is 1. The van der Waals surface area contributed by atoms with Gasteiger partial charge in [0.15, 0.2) is 5.82 Å². The molecule has 0 aliphatic rings. The highest BCUT2D eigenvalue weighted by molar-refractivity contribution is 7.90. The Bertz CT molecular complexity index is 1550. The first-order valence-electron chi connectivity index (χ1n) is 11.8. The zero-order chi connectivity index (χ0) is 27.3. The molecule has 1 amide bonds. The highest BCUT2D eigenvalue weighted by Crippen LogP contribution is 2.30. The van der Waals surface area contributed by atoms with Crippen LogP contribution in [-0.2, 0) is 21.2 Å². The summed E-state index contributed by atoms with van der Waals surface area (Å²) in [6.45, 7) is 3.95. The zero-order valence-corrected chi connectivity index (χ0v) is 22.0. The Morgan fingerprint density at radius 3 is 2.42 bits per heavy atom. The minimum absolute atomic E-state index is 0.118. The second kappa shape index (κ2) is 11.5. The number of methoxy groups -OCH3 is 1. The fourth-order valence-electron chi connectivity index (χ4n) is 3.89. The van der Waals surface area contributed by atoms with Crippen molar-refractivity contribution in [1.82, 2.24) is 14.3 Å². The van der Waals surface area contributed by atoms with Crippen LogP contribution in [0.1, 0.15) is 18.1 Å². The van der Waals surface area contributed by atoms with Gasteiger partial charge in [0.1, 0.15) is 24.7 Å². The highest BCUT2D eigenvalue weighted by Gasteiger charge is 2.21. The van der Waals surface area contributed by atoms with Crippen LogP contribution in [0.15, 0.2) is 65.8 Å². The predicted octanol–water partition coefficient (Wildman–Crippen LogP) is 3.87. The molecule has 4 rings (SSSR count). The lowest BCUT2D eigenvalue weighted by atomic mass is 10.1. The predicted molar refractivity (Wildman–Crippen MR) is 140 cm³/mol. The standard InChI is InChI=1S/C27H28FN3O6S/c1-18-4-7-23(8-5-18)38(33,34)31-17-20(10-11-29-19(2)32)24-14-21(6-9-26(24)31)36-12-13-37-22-15-25(28)27(35-3)30-16-22/h4-9,14-17H,10-13H2,1-3H3,(H,29,32). The maximum Gasteiger partial charge on any atom is 0.268 e. The van der Waals surface area contributed by atoms with Crippen molar-refractivity contribution in [1.29, 1.82) is 0 Å². The average Bonchev–Trinajstić information content (AvgIpc) is 3.25. The average molecular weight is 542 g/mol. The summed E-state index contributed by atoms with van der Waals surface area (Å²) < 4.78 is 58.1. The van der Waals surface area contributed by atoms with Gasteiger partial charge in [-0.1, -0.05) is 17.7 Å². The van der Waals surface area contributed by atoms with E-state index in [1.54, 1.807) is 48.7 Å². The number of ether oxygens (including phenoxy) is 3. The number of carbonyl (C=O) groups excluding carboxylic acids is 1. The van der Waals surface area contributed by atoms with Gasteiger partial charge in [-0.3, -0.25) is 4.79 Å². The Morgan fingerprint density at radius 2 is 1.76 bits per heavy atom. The Balaban J connectivity index is 1.55. The van der Waals surface area contributed by atoms with Crippen molar-refractivity contribution < 1.29 is 31.8 Å². The number of pyridine rings is 1. The topological polar surface area (TPSA) is 109 Å². The van der Waals surface area contributed by atoms with Gasteiger partial charge in [0.2, 0.25) is 11.8 Å². The van der Waals surface area contributed by atoms with E-state index in [9.17, 15) is 17.6 Å². The molecule has 38 heavy (non-hydrogen) atoms. The molecule has 0 fully saturated rings. The van der Waals surface area contributed by atoms with Crippen LogP contribution >= 0.6 is 0 Å². The molecule has 2 aromatic carbocycles. The van der Waals surface area contributed by atoms with E-state index in [4.69, 9.17) is 14.2 Å². The molecule has 9 nitrogen and oxygen atoms in total. The number of nitrogens with zero attached hydrogens (tertiary/aromatic N) is 2. The van der Waals surface area contributed by atoms with E-state index in [2.05, 4.69) is 10.3 Å². The van der Waals surface area contributed by atoms with Gasteiger partial charge in [0.25, 0.3) is 10.0 Å². The lowest BCUT2D eigenvalue weighted by Crippen LogP contribution is -2.22. The van der Waals surface area contributed by atoms with E-state index in [-0.39, 0.29) is 35.6 Å². The van der Waals surface area contributed by atoms with Crippen LogP contribution in [-0.4, -0.2) is 50.1 Å². The number of fused-ring (bicyclic) bond motifs is 1. The molecule has 0 atom stereocenters. The Hall–Kier alpha value is -4.12. The number of amides is 1. The molecule has 0 saturated heterocycles. The number of halogens is 1. The largest absolute Gasteiger partial charge is 0.490 e. The normalized spacial score (nSPS) is 11.4. The number of hydrogen-bond acceptors (Lipinski definition) is 7. The third kappa shape index (κ3) is 6.05. The van der Waals surface area contributed by atoms with E-state index in [0.29, 0.717) is 29.6 Å². The number of aromatic nitrogens is 2. The van der Waals surface area contributed by atoms with Gasteiger partial charge in [-0.2, -0.15) is 0 Å². The van der Waals surface area contributed by atoms with Gasteiger partial charge in [0, 0.05) is 31.1 Å². The van der Waals surface area contributed by atoms with Crippen molar-refractivity contribution in [2.24, 2.45) is 0 Å². The third-order valence-electron chi connectivity index (χ3n) is 5.77. The van der Waals surface area contributed by atoms with Crippen molar-refractivity contribution in [3.63, 3.8) is 0 Å². The highest BCUT2D eigenvalue weighted by atomic mass is 32.2. The van der Waals surface area contributed by atoms with Gasteiger partial charge in [-0.25, -0.2) is 21.8 Å². The maximum atomic E-state index is 13.8. The Kier molecular flexibility index (Phi) is 8.16. The minimum Gasteiger partial charge on any atom is -0.490 e. The lowest BCUT2D eigenvalue weighted by Gasteiger charge is -2.10. The van der Waals surface area contributed by atoms with E-state index in [0.717, 1.165) is 11.1 Å². The molecular weight excluding hydrogens is 513 g/mol. The summed E-state index contributed by atoms with van der Waals surface area (Å²) in [7, 11) is -2.53. The van der Waals surface area contributed by atoms with Crippen LogP contribution in [0, 0.1) is 12.7 Å². The van der Waals surface area contributed by atoms with Crippen LogP contribution < -0.4 is 19.5 Å². The second-order valence-electron chi connectivity index (χ2n) is 8.54. The van der Waals surface area contributed by atoms with Crippen LogP contribution in [0.4, 0.5) is 4.39 Å². The molecule has 0 saturated carbocycles. The lowest BCUT2D eigenvalue weighted by molar-refractivity contribution is -0.118. The fraction of sp³-hybridized carbons (Fsp3) is 0.259. The van der Waals surface area contributed by atoms with Crippen LogP contribution in [0.3, 0.4) is 0 Å². The summed E-state index contributed by atoms with van der Waals surface area (Å²) in [6, 6.07) is 13.0. The van der Waals surface area contributed by atoms with Crippen molar-refractivity contribution in [2.45, 2.75) is 25.2 Å². The van der Waals surface area contributed by atoms with Crippen LogP contribution in [0.2, 0.25) is 0 Å². The van der Waals surface area contributed by atoms with E-state index >= 15 is 0 Å². The first-order valence-corrected chi connectivity index (χ1v) is 13.3. The SMILES string of the molecule is COc1ncc(OCCOc2ccc3c(c2)c(CCNC(C)=O)cn3S(=O)(=O)c2ccc(C)cc2)cc1F. The van der Waals surface area contributed by atoms with Gasteiger partial charge < -0.3 is 19.5 Å². The van der Waals surface area contributed by atoms with Crippen LogP contribution in [0.5, 0.6) is 17.4 Å². The number of rotatable bonds is 11. The zero-order valence-electron chi connectivity index (χ0n) is 21.2. The van der Waals surface area contributed by atoms with Gasteiger partial charge in [-0.15, -0.1) is 0 Å². The molecule has 0 spiro atoms. The number of benzene rings is 2. The number of carbonyl (C=O) groups is 1. The van der Waals surface area contributed by atoms with Crippen molar-refractivity contribution in [3.05, 3.63) is 77.9 Å². The van der Waals surface area contributed by atoms with Gasteiger partial charge in [0.05, 0.1) is 23.7 Å². The summed E-state index contributed by atoms with van der Waals surface area (Å²) in [6.07, 6.45) is 3.36. The summed E-state index contributed by atoms with van der Waals surface area (Å²) in [4.78, 5) is 15.4. The molecular formula is C27H28FN3O6S. The summed E-state index contributed by atoms with van der Waals surface area (Å²) >= 11 is 0. The molecule has 0 unspecified atom stereocenters. The minimum atomic E-state index is -3.85. The molecule has 200 valence electrons. The van der Waals surface area contributed by atoms with Crippen molar-refractivity contribution in [2.75, 3.05) is 26.9 Å². The molecule has 1 N–H and O–H groups in total. The summed E-state index contributed by atoms with van der Waals surface area (Å²) in [5.74, 6) is -0.176. The molecule has 11 heteroatoms. The van der Waals surface area contributed by atoms with E-state index in [1.165, 1.54) is 30.3 Å². The second-order valence-corrected chi connectivity index (χ2v) is 10.4. The van der Waals surface area contributed by atoms with E-state index < -0.39 is 15.8 Å². The molecule has 0 radical (unpaired) electrons. The quantitative estimate of drug-likeness (QED) is 0.287. The summed E-state index contributed by atoms with van der Waals surface area (Å²) in [5, 5.41) is 3.43. The first-order chi connectivity index (χ1) is 18.2. The fourth-order valence-corrected chi connectivity index (χ4v) is 5.28. The molecule has 4 aromatic rings. The third-order valence-corrected chi connectivity index (χ3v) is 7.45. The molecule has 0 aliphatic carbocycles. The maximum absolute atomic E-state index is 13.8.